The van der Waals surface area contributed by atoms with Gasteiger partial charge in [-0.25, -0.2) is 0 Å². The van der Waals surface area contributed by atoms with Gasteiger partial charge in [-0.2, -0.15) is 0 Å². The largest absolute Gasteiger partial charge is 0.376 e. The first-order chi connectivity index (χ1) is 9.74. The van der Waals surface area contributed by atoms with Crippen molar-refractivity contribution in [3.05, 3.63) is 40.7 Å². The number of anilines is 1. The molecule has 20 heavy (non-hydrogen) atoms. The highest BCUT2D eigenvalue weighted by molar-refractivity contribution is 5.83. The van der Waals surface area contributed by atoms with E-state index >= 15 is 0 Å². The molecule has 0 bridgehead atoms. The Hall–Kier alpha value is -1.85. The van der Waals surface area contributed by atoms with Crippen molar-refractivity contribution in [1.82, 2.24) is 4.98 Å². The maximum absolute atomic E-state index is 12.0. The van der Waals surface area contributed by atoms with Crippen molar-refractivity contribution < 1.29 is 4.74 Å². The molecule has 1 aromatic carbocycles. The molecule has 4 atom stereocenters. The van der Waals surface area contributed by atoms with Gasteiger partial charge in [0, 0.05) is 24.0 Å². The Balaban J connectivity index is 1.65. The summed E-state index contributed by atoms with van der Waals surface area (Å²) in [6, 6.07) is 9.68. The molecule has 5 nitrogen and oxygen atoms in total. The molecule has 2 aliphatic rings. The van der Waals surface area contributed by atoms with Crippen LogP contribution < -0.4 is 16.6 Å². The Morgan fingerprint density at radius 2 is 2.20 bits per heavy atom. The van der Waals surface area contributed by atoms with Gasteiger partial charge in [-0.15, -0.1) is 0 Å². The molecule has 4 rings (SSSR count). The number of aromatic amines is 1. The van der Waals surface area contributed by atoms with Crippen molar-refractivity contribution in [2.75, 3.05) is 11.9 Å². The van der Waals surface area contributed by atoms with E-state index < -0.39 is 0 Å². The summed E-state index contributed by atoms with van der Waals surface area (Å²) in [6.07, 6.45) is 1.22. The fourth-order valence-electron chi connectivity index (χ4n) is 3.40. The first-order valence-electron chi connectivity index (χ1n) is 7.00. The summed E-state index contributed by atoms with van der Waals surface area (Å²) in [5, 5.41) is 4.95. The highest BCUT2D eigenvalue weighted by Crippen LogP contribution is 2.39. The van der Waals surface area contributed by atoms with Gasteiger partial charge in [-0.05, 0) is 23.9 Å². The minimum atomic E-state index is -0.0811. The first-order valence-corrected chi connectivity index (χ1v) is 7.00. The molecule has 1 aromatic heterocycles. The van der Waals surface area contributed by atoms with E-state index in [1.165, 1.54) is 0 Å². The van der Waals surface area contributed by atoms with E-state index in [1.54, 1.807) is 0 Å². The van der Waals surface area contributed by atoms with Gasteiger partial charge in [-0.3, -0.25) is 4.79 Å². The minimum Gasteiger partial charge on any atom is -0.376 e. The molecule has 0 amide bonds. The molecule has 0 radical (unpaired) electrons. The molecule has 1 saturated heterocycles. The molecule has 5 heteroatoms. The van der Waals surface area contributed by atoms with Gasteiger partial charge in [0.1, 0.15) is 5.82 Å². The minimum absolute atomic E-state index is 0.0811. The predicted octanol–water partition coefficient (Wildman–Crippen LogP) is 1.05. The van der Waals surface area contributed by atoms with Crippen LogP contribution in [0.3, 0.4) is 0 Å². The van der Waals surface area contributed by atoms with Crippen molar-refractivity contribution in [1.29, 1.82) is 0 Å². The summed E-state index contributed by atoms with van der Waals surface area (Å²) in [7, 11) is 0. The Bertz CT molecular complexity index is 712. The zero-order valence-electron chi connectivity index (χ0n) is 11.0. The number of nitrogens with two attached hydrogens (primary N) is 1. The highest BCUT2D eigenvalue weighted by Gasteiger charge is 2.52. The molecule has 1 aliphatic heterocycles. The summed E-state index contributed by atoms with van der Waals surface area (Å²) >= 11 is 0. The van der Waals surface area contributed by atoms with Crippen LogP contribution in [0.15, 0.2) is 35.1 Å². The van der Waals surface area contributed by atoms with Crippen molar-refractivity contribution in [2.24, 2.45) is 11.7 Å². The van der Waals surface area contributed by atoms with Gasteiger partial charge in [0.25, 0.3) is 5.56 Å². The lowest BCUT2D eigenvalue weighted by molar-refractivity contribution is 0.00524. The van der Waals surface area contributed by atoms with E-state index in [2.05, 4.69) is 10.3 Å². The van der Waals surface area contributed by atoms with Crippen molar-refractivity contribution in [3.8, 4) is 0 Å². The van der Waals surface area contributed by atoms with Crippen LogP contribution in [0, 0.1) is 5.92 Å². The molecular weight excluding hydrogens is 254 g/mol. The van der Waals surface area contributed by atoms with Gasteiger partial charge < -0.3 is 20.8 Å². The van der Waals surface area contributed by atoms with Crippen molar-refractivity contribution >= 4 is 16.6 Å². The van der Waals surface area contributed by atoms with Gasteiger partial charge in [0.2, 0.25) is 0 Å². The van der Waals surface area contributed by atoms with E-state index in [4.69, 9.17) is 10.5 Å². The summed E-state index contributed by atoms with van der Waals surface area (Å²) in [6.45, 7) is 0.787. The number of H-pyrrole nitrogens is 1. The number of rotatable bonds is 2. The summed E-state index contributed by atoms with van der Waals surface area (Å²) in [5.41, 5.74) is 6.09. The number of benzene rings is 1. The fourth-order valence-corrected chi connectivity index (χ4v) is 3.40. The van der Waals surface area contributed by atoms with E-state index in [9.17, 15) is 4.79 Å². The molecular formula is C15H17N3O2. The van der Waals surface area contributed by atoms with Crippen LogP contribution in [-0.4, -0.2) is 29.8 Å². The van der Waals surface area contributed by atoms with E-state index in [1.807, 2.05) is 30.3 Å². The van der Waals surface area contributed by atoms with Crippen LogP contribution in [0.2, 0.25) is 0 Å². The second kappa shape index (κ2) is 4.33. The van der Waals surface area contributed by atoms with Gasteiger partial charge in [0.05, 0.1) is 12.1 Å². The Morgan fingerprint density at radius 1 is 1.35 bits per heavy atom. The number of aromatic nitrogens is 1. The SMILES string of the molecule is NC1C2CCOC2C1Nc1cc2ccccc2c(=O)[nH]1. The number of ether oxygens (including phenoxy) is 1. The maximum atomic E-state index is 12.0. The lowest BCUT2D eigenvalue weighted by Gasteiger charge is -2.45. The highest BCUT2D eigenvalue weighted by atomic mass is 16.5. The predicted molar refractivity (Wildman–Crippen MR) is 77.8 cm³/mol. The van der Waals surface area contributed by atoms with Crippen LogP contribution in [-0.2, 0) is 4.74 Å². The smallest absolute Gasteiger partial charge is 0.257 e. The van der Waals surface area contributed by atoms with Crippen LogP contribution in [0.25, 0.3) is 10.8 Å². The van der Waals surface area contributed by atoms with Crippen LogP contribution in [0.4, 0.5) is 5.82 Å². The normalized spacial score (nSPS) is 31.9. The Morgan fingerprint density at radius 3 is 3.10 bits per heavy atom. The van der Waals surface area contributed by atoms with Crippen LogP contribution in [0.1, 0.15) is 6.42 Å². The van der Waals surface area contributed by atoms with Gasteiger partial charge in [-0.1, -0.05) is 18.2 Å². The number of fused-ring (bicyclic) bond motifs is 2. The maximum Gasteiger partial charge on any atom is 0.257 e. The molecule has 4 unspecified atom stereocenters. The average molecular weight is 271 g/mol. The lowest BCUT2D eigenvalue weighted by atomic mass is 9.72. The molecule has 2 fully saturated rings. The topological polar surface area (TPSA) is 80.1 Å². The molecule has 1 saturated carbocycles. The van der Waals surface area contributed by atoms with E-state index in [-0.39, 0.29) is 23.7 Å². The summed E-state index contributed by atoms with van der Waals surface area (Å²) < 4.78 is 5.69. The molecule has 104 valence electrons. The zero-order chi connectivity index (χ0) is 13.7. The number of nitrogens with one attached hydrogen (secondary N) is 2. The Kier molecular flexibility index (Phi) is 2.58. The third kappa shape index (κ3) is 1.67. The van der Waals surface area contributed by atoms with Gasteiger partial charge >= 0.3 is 0 Å². The number of hydrogen-bond acceptors (Lipinski definition) is 4. The molecule has 1 aliphatic carbocycles. The molecule has 4 N–H and O–H groups in total. The molecule has 2 heterocycles. The van der Waals surface area contributed by atoms with Crippen LogP contribution in [0.5, 0.6) is 0 Å². The first kappa shape index (κ1) is 11.9. The second-order valence-electron chi connectivity index (χ2n) is 5.63. The van der Waals surface area contributed by atoms with E-state index in [0.29, 0.717) is 17.1 Å². The quantitative estimate of drug-likeness (QED) is 0.763. The Labute approximate surface area is 116 Å². The lowest BCUT2D eigenvalue weighted by Crippen LogP contribution is -2.65. The summed E-state index contributed by atoms with van der Waals surface area (Å²) in [5.74, 6) is 1.17. The molecule has 2 aromatic rings. The van der Waals surface area contributed by atoms with Gasteiger partial charge in [0.15, 0.2) is 0 Å². The standard InChI is InChI=1S/C15H17N3O2/c16-12-10-5-6-20-14(10)13(12)17-11-7-8-3-1-2-4-9(8)15(19)18-11/h1-4,7,10,12-14H,5-6,16H2,(H2,17,18,19). The number of pyridine rings is 1. The van der Waals surface area contributed by atoms with Crippen molar-refractivity contribution in [2.45, 2.75) is 24.6 Å². The number of hydrogen-bond donors (Lipinski definition) is 3. The zero-order valence-corrected chi connectivity index (χ0v) is 11.0. The third-order valence-electron chi connectivity index (χ3n) is 4.52. The monoisotopic (exact) mass is 271 g/mol. The summed E-state index contributed by atoms with van der Waals surface area (Å²) in [4.78, 5) is 14.9. The van der Waals surface area contributed by atoms with Crippen molar-refractivity contribution in [3.63, 3.8) is 0 Å². The third-order valence-corrected chi connectivity index (χ3v) is 4.52. The molecule has 0 spiro atoms. The second-order valence-corrected chi connectivity index (χ2v) is 5.63. The average Bonchev–Trinajstić information content (AvgIpc) is 2.90. The fraction of sp³-hybridized carbons (Fsp3) is 0.400. The van der Waals surface area contributed by atoms with Crippen LogP contribution >= 0.6 is 0 Å². The van der Waals surface area contributed by atoms with E-state index in [0.717, 1.165) is 18.4 Å².